The van der Waals surface area contributed by atoms with Crippen molar-refractivity contribution in [2.75, 3.05) is 46.6 Å². The highest BCUT2D eigenvalue weighted by molar-refractivity contribution is 7.89. The molecule has 0 spiro atoms. The first kappa shape index (κ1) is 21.0. The van der Waals surface area contributed by atoms with Crippen molar-refractivity contribution in [2.24, 2.45) is 0 Å². The van der Waals surface area contributed by atoms with Crippen molar-refractivity contribution in [1.82, 2.24) is 14.5 Å². The van der Waals surface area contributed by atoms with Crippen molar-refractivity contribution >= 4 is 10.0 Å². The molecule has 1 atom stereocenters. The van der Waals surface area contributed by atoms with E-state index in [0.717, 1.165) is 37.8 Å². The van der Waals surface area contributed by atoms with Gasteiger partial charge < -0.3 is 14.4 Å². The molecule has 2 aliphatic heterocycles. The number of likely N-dealkylation sites (N-methyl/N-ethyl adjacent to an activating group) is 1. The van der Waals surface area contributed by atoms with E-state index in [0.29, 0.717) is 17.1 Å². The molecule has 1 saturated heterocycles. The first-order valence-electron chi connectivity index (χ1n) is 9.91. The molecule has 9 heteroatoms. The van der Waals surface area contributed by atoms with Gasteiger partial charge in [0.2, 0.25) is 16.8 Å². The number of benzene rings is 2. The second-order valence-electron chi connectivity index (χ2n) is 7.73. The predicted molar refractivity (Wildman–Crippen MR) is 111 cm³/mol. The first-order valence-corrected chi connectivity index (χ1v) is 11.4. The Morgan fingerprint density at radius 2 is 1.80 bits per heavy atom. The van der Waals surface area contributed by atoms with E-state index in [4.69, 9.17) is 9.47 Å². The monoisotopic (exact) mass is 435 g/mol. The van der Waals surface area contributed by atoms with Gasteiger partial charge in [0, 0.05) is 38.8 Å². The van der Waals surface area contributed by atoms with Crippen molar-refractivity contribution < 1.29 is 22.3 Å². The number of hydrogen-bond acceptors (Lipinski definition) is 6. The number of piperazine rings is 1. The molecule has 0 aliphatic carbocycles. The van der Waals surface area contributed by atoms with Gasteiger partial charge in [-0.05, 0) is 55.4 Å². The number of ether oxygens (including phenoxy) is 2. The molecule has 0 unspecified atom stereocenters. The van der Waals surface area contributed by atoms with E-state index in [1.165, 1.54) is 12.1 Å². The van der Waals surface area contributed by atoms with Gasteiger partial charge in [-0.25, -0.2) is 17.5 Å². The van der Waals surface area contributed by atoms with Crippen molar-refractivity contribution in [2.45, 2.75) is 17.9 Å². The molecule has 162 valence electrons. The lowest BCUT2D eigenvalue weighted by atomic mass is 10.0. The zero-order chi connectivity index (χ0) is 21.3. The number of fused-ring (bicyclic) bond motifs is 1. The average molecular weight is 436 g/mol. The molecular weight excluding hydrogens is 409 g/mol. The van der Waals surface area contributed by atoms with Crippen LogP contribution in [-0.4, -0.2) is 64.8 Å². The summed E-state index contributed by atoms with van der Waals surface area (Å²) in [6.07, 6.45) is 0. The molecule has 1 N–H and O–H groups in total. The minimum Gasteiger partial charge on any atom is -0.454 e. The fraction of sp³-hybridized carbons (Fsp3) is 0.429. The molecule has 2 aromatic carbocycles. The van der Waals surface area contributed by atoms with E-state index in [-0.39, 0.29) is 24.3 Å². The molecule has 1 fully saturated rings. The number of sulfonamides is 1. The third-order valence-corrected chi connectivity index (χ3v) is 7.24. The third kappa shape index (κ3) is 4.44. The summed E-state index contributed by atoms with van der Waals surface area (Å²) in [6.45, 7) is 5.44. The summed E-state index contributed by atoms with van der Waals surface area (Å²) in [5.74, 6) is 0.907. The van der Waals surface area contributed by atoms with Crippen LogP contribution < -0.4 is 14.2 Å². The van der Waals surface area contributed by atoms with E-state index in [2.05, 4.69) is 21.6 Å². The molecule has 7 nitrogen and oxygen atoms in total. The Bertz CT molecular complexity index is 1020. The summed E-state index contributed by atoms with van der Waals surface area (Å²) in [5.41, 5.74) is 1.34. The fourth-order valence-corrected chi connectivity index (χ4v) is 5.16. The van der Waals surface area contributed by atoms with Gasteiger partial charge in [0.15, 0.2) is 11.5 Å². The minimum absolute atomic E-state index is 0.0896. The summed E-state index contributed by atoms with van der Waals surface area (Å²) >= 11 is 0. The van der Waals surface area contributed by atoms with Gasteiger partial charge >= 0.3 is 0 Å². The van der Waals surface area contributed by atoms with Gasteiger partial charge in [-0.3, -0.25) is 4.90 Å². The molecule has 2 heterocycles. The van der Waals surface area contributed by atoms with Crippen LogP contribution >= 0.6 is 0 Å². The van der Waals surface area contributed by atoms with Gasteiger partial charge in [0.25, 0.3) is 0 Å². The Morgan fingerprint density at radius 1 is 1.07 bits per heavy atom. The Morgan fingerprint density at radius 3 is 2.53 bits per heavy atom. The van der Waals surface area contributed by atoms with Crippen molar-refractivity contribution in [3.63, 3.8) is 0 Å². The number of rotatable bonds is 6. The van der Waals surface area contributed by atoms with Crippen LogP contribution in [-0.2, 0) is 10.0 Å². The molecule has 0 amide bonds. The first-order chi connectivity index (χ1) is 14.3. The standard InChI is InChI=1S/C21H26FN3O4S/c1-15-11-17(22)4-6-21(15)30(26,27)23-13-18(25-9-7-24(2)8-10-25)16-3-5-19-20(12-16)29-14-28-19/h3-6,11-12,18,23H,7-10,13-14H2,1-2H3/t18-/m0/s1. The molecule has 2 aromatic rings. The number of nitrogens with zero attached hydrogens (tertiary/aromatic N) is 2. The quantitative estimate of drug-likeness (QED) is 0.750. The molecule has 0 bridgehead atoms. The van der Waals surface area contributed by atoms with Crippen LogP contribution in [0, 0.1) is 12.7 Å². The average Bonchev–Trinajstić information content (AvgIpc) is 3.17. The van der Waals surface area contributed by atoms with Gasteiger partial charge in [0.1, 0.15) is 5.82 Å². The highest BCUT2D eigenvalue weighted by atomic mass is 32.2. The number of halogens is 1. The van der Waals surface area contributed by atoms with Crippen LogP contribution in [0.5, 0.6) is 11.5 Å². The normalized spacial score (nSPS) is 18.5. The van der Waals surface area contributed by atoms with Crippen molar-refractivity contribution in [3.05, 3.63) is 53.3 Å². The van der Waals surface area contributed by atoms with Crippen molar-refractivity contribution in [3.8, 4) is 11.5 Å². The van der Waals surface area contributed by atoms with Crippen LogP contribution in [0.4, 0.5) is 4.39 Å². The maximum atomic E-state index is 13.4. The van der Waals surface area contributed by atoms with Crippen LogP contribution in [0.25, 0.3) is 0 Å². The lowest BCUT2D eigenvalue weighted by molar-refractivity contribution is 0.112. The van der Waals surface area contributed by atoms with Crippen LogP contribution in [0.1, 0.15) is 17.2 Å². The van der Waals surface area contributed by atoms with E-state index >= 15 is 0 Å². The molecule has 2 aliphatic rings. The largest absolute Gasteiger partial charge is 0.454 e. The van der Waals surface area contributed by atoms with Gasteiger partial charge in [-0.2, -0.15) is 0 Å². The minimum atomic E-state index is -3.78. The summed E-state index contributed by atoms with van der Waals surface area (Å²) in [7, 11) is -1.71. The molecule has 30 heavy (non-hydrogen) atoms. The van der Waals surface area contributed by atoms with E-state index in [1.807, 2.05) is 18.2 Å². The Hall–Kier alpha value is -2.20. The molecular formula is C21H26FN3O4S. The number of aryl methyl sites for hydroxylation is 1. The lowest BCUT2D eigenvalue weighted by Crippen LogP contribution is -2.48. The molecule has 0 radical (unpaired) electrons. The van der Waals surface area contributed by atoms with Gasteiger partial charge in [-0.1, -0.05) is 6.07 Å². The highest BCUT2D eigenvalue weighted by Crippen LogP contribution is 2.35. The van der Waals surface area contributed by atoms with E-state index in [9.17, 15) is 12.8 Å². The molecule has 0 aromatic heterocycles. The summed E-state index contributed by atoms with van der Waals surface area (Å²) in [4.78, 5) is 4.61. The Balaban J connectivity index is 1.58. The summed E-state index contributed by atoms with van der Waals surface area (Å²) in [5, 5.41) is 0. The molecule has 0 saturated carbocycles. The second kappa shape index (κ2) is 8.50. The van der Waals surface area contributed by atoms with Crippen molar-refractivity contribution in [1.29, 1.82) is 0 Å². The van der Waals surface area contributed by atoms with E-state index in [1.54, 1.807) is 6.92 Å². The van der Waals surface area contributed by atoms with Crippen LogP contribution in [0.2, 0.25) is 0 Å². The van der Waals surface area contributed by atoms with Crippen LogP contribution in [0.3, 0.4) is 0 Å². The zero-order valence-electron chi connectivity index (χ0n) is 17.1. The van der Waals surface area contributed by atoms with Gasteiger partial charge in [0.05, 0.1) is 4.90 Å². The maximum Gasteiger partial charge on any atom is 0.240 e. The topological polar surface area (TPSA) is 71.1 Å². The second-order valence-corrected chi connectivity index (χ2v) is 9.46. The number of nitrogens with one attached hydrogen (secondary N) is 1. The SMILES string of the molecule is Cc1cc(F)ccc1S(=O)(=O)NC[C@@H](c1ccc2c(c1)OCO2)N1CCN(C)CC1. The third-order valence-electron chi connectivity index (χ3n) is 5.65. The Labute approximate surface area is 176 Å². The van der Waals surface area contributed by atoms with Gasteiger partial charge in [-0.15, -0.1) is 0 Å². The smallest absolute Gasteiger partial charge is 0.240 e. The highest BCUT2D eigenvalue weighted by Gasteiger charge is 2.28. The lowest BCUT2D eigenvalue weighted by Gasteiger charge is -2.38. The van der Waals surface area contributed by atoms with Crippen LogP contribution in [0.15, 0.2) is 41.3 Å². The fourth-order valence-electron chi connectivity index (χ4n) is 3.89. The summed E-state index contributed by atoms with van der Waals surface area (Å²) < 4.78 is 52.9. The van der Waals surface area contributed by atoms with E-state index < -0.39 is 15.8 Å². The molecule has 4 rings (SSSR count). The summed E-state index contributed by atoms with van der Waals surface area (Å²) in [6, 6.07) is 9.26. The number of hydrogen-bond donors (Lipinski definition) is 1. The Kier molecular flexibility index (Phi) is 5.97. The zero-order valence-corrected chi connectivity index (χ0v) is 17.9. The predicted octanol–water partition coefficient (Wildman–Crippen LogP) is 2.13. The maximum absolute atomic E-state index is 13.4.